The largest absolute Gasteiger partial charge is 0.347 e. The first-order chi connectivity index (χ1) is 8.58. The number of carbonyl (C=O) groups excluding carboxylic acids is 2. The van der Waals surface area contributed by atoms with Gasteiger partial charge in [-0.15, -0.1) is 23.7 Å². The van der Waals surface area contributed by atoms with Crippen LogP contribution in [0, 0.1) is 0 Å². The molecule has 4 nitrogen and oxygen atoms in total. The van der Waals surface area contributed by atoms with Gasteiger partial charge in [-0.1, -0.05) is 0 Å². The van der Waals surface area contributed by atoms with E-state index in [2.05, 4.69) is 17.6 Å². The molecular formula is C13H19ClN2O2S. The molecule has 1 aromatic rings. The van der Waals surface area contributed by atoms with E-state index in [0.717, 1.165) is 19.4 Å². The molecule has 0 aromatic carbocycles. The first-order valence-corrected chi connectivity index (χ1v) is 7.09. The van der Waals surface area contributed by atoms with Gasteiger partial charge in [0.15, 0.2) is 5.78 Å². The summed E-state index contributed by atoms with van der Waals surface area (Å²) in [5.41, 5.74) is 0.611. The highest BCUT2D eigenvalue weighted by Crippen LogP contribution is 2.16. The number of carbonyl (C=O) groups is 2. The fourth-order valence-corrected chi connectivity index (χ4v) is 2.97. The van der Waals surface area contributed by atoms with Gasteiger partial charge in [0.05, 0.1) is 4.88 Å². The zero-order valence-corrected chi connectivity index (χ0v) is 12.7. The summed E-state index contributed by atoms with van der Waals surface area (Å²) >= 11 is 1.32. The molecule has 0 radical (unpaired) electrons. The van der Waals surface area contributed by atoms with Crippen LogP contribution in [0.2, 0.25) is 0 Å². The summed E-state index contributed by atoms with van der Waals surface area (Å²) in [6, 6.07) is 2.15. The Morgan fingerprint density at radius 2 is 2.21 bits per heavy atom. The number of nitrogens with one attached hydrogen (secondary N) is 2. The van der Waals surface area contributed by atoms with Crippen molar-refractivity contribution >= 4 is 35.4 Å². The first kappa shape index (κ1) is 16.1. The molecule has 2 rings (SSSR count). The van der Waals surface area contributed by atoms with E-state index in [4.69, 9.17) is 0 Å². The number of ketones is 1. The fraction of sp³-hybridized carbons (Fsp3) is 0.538. The van der Waals surface area contributed by atoms with E-state index in [1.54, 1.807) is 11.4 Å². The second-order valence-electron chi connectivity index (χ2n) is 4.72. The minimum Gasteiger partial charge on any atom is -0.347 e. The molecule has 0 spiro atoms. The molecule has 1 amide bonds. The van der Waals surface area contributed by atoms with Crippen molar-refractivity contribution < 1.29 is 9.59 Å². The van der Waals surface area contributed by atoms with E-state index in [9.17, 15) is 9.59 Å². The third-order valence-electron chi connectivity index (χ3n) is 3.31. The molecule has 2 unspecified atom stereocenters. The van der Waals surface area contributed by atoms with Crippen LogP contribution in [0.15, 0.2) is 11.4 Å². The maximum atomic E-state index is 12.1. The molecule has 0 aliphatic carbocycles. The average Bonchev–Trinajstić information content (AvgIpc) is 2.81. The molecule has 6 heteroatoms. The number of hydrogen-bond donors (Lipinski definition) is 2. The summed E-state index contributed by atoms with van der Waals surface area (Å²) in [6.45, 7) is 4.61. The molecule has 2 N–H and O–H groups in total. The van der Waals surface area contributed by atoms with Crippen LogP contribution in [0.4, 0.5) is 0 Å². The second-order valence-corrected chi connectivity index (χ2v) is 5.63. The van der Waals surface area contributed by atoms with Crippen LogP contribution in [0.1, 0.15) is 46.7 Å². The van der Waals surface area contributed by atoms with Crippen molar-refractivity contribution in [1.82, 2.24) is 10.6 Å². The molecule has 1 fully saturated rings. The van der Waals surface area contributed by atoms with Crippen LogP contribution < -0.4 is 10.6 Å². The zero-order chi connectivity index (χ0) is 13.1. The molecule has 1 saturated heterocycles. The molecule has 1 aliphatic rings. The smallest absolute Gasteiger partial charge is 0.261 e. The Kier molecular flexibility index (Phi) is 5.97. The summed E-state index contributed by atoms with van der Waals surface area (Å²) in [5, 5.41) is 8.12. The number of amides is 1. The van der Waals surface area contributed by atoms with Gasteiger partial charge in [0.1, 0.15) is 0 Å². The predicted molar refractivity (Wildman–Crippen MR) is 79.5 cm³/mol. The van der Waals surface area contributed by atoms with Crippen LogP contribution in [0.3, 0.4) is 0 Å². The van der Waals surface area contributed by atoms with E-state index in [0.29, 0.717) is 16.5 Å². The van der Waals surface area contributed by atoms with Gasteiger partial charge >= 0.3 is 0 Å². The van der Waals surface area contributed by atoms with E-state index < -0.39 is 0 Å². The van der Waals surface area contributed by atoms with E-state index in [1.165, 1.54) is 18.3 Å². The van der Waals surface area contributed by atoms with Gasteiger partial charge in [-0.3, -0.25) is 9.59 Å². The molecule has 19 heavy (non-hydrogen) atoms. The first-order valence-electron chi connectivity index (χ1n) is 6.21. The molecule has 0 saturated carbocycles. The van der Waals surface area contributed by atoms with Crippen LogP contribution in [0.25, 0.3) is 0 Å². The lowest BCUT2D eigenvalue weighted by atomic mass is 10.00. The Labute approximate surface area is 123 Å². The topological polar surface area (TPSA) is 58.2 Å². The minimum atomic E-state index is -0.0759. The molecule has 1 aromatic heterocycles. The summed E-state index contributed by atoms with van der Waals surface area (Å²) in [7, 11) is 0. The van der Waals surface area contributed by atoms with Crippen LogP contribution >= 0.6 is 23.7 Å². The predicted octanol–water partition coefficient (Wildman–Crippen LogP) is 2.24. The highest BCUT2D eigenvalue weighted by Gasteiger charge is 2.23. The van der Waals surface area contributed by atoms with Crippen molar-refractivity contribution in [2.24, 2.45) is 0 Å². The highest BCUT2D eigenvalue weighted by molar-refractivity contribution is 7.12. The summed E-state index contributed by atoms with van der Waals surface area (Å²) in [6.07, 6.45) is 2.09. The maximum absolute atomic E-state index is 12.1. The lowest BCUT2D eigenvalue weighted by Crippen LogP contribution is -2.51. The minimum absolute atomic E-state index is 0. The quantitative estimate of drug-likeness (QED) is 0.842. The third-order valence-corrected chi connectivity index (χ3v) is 4.24. The van der Waals surface area contributed by atoms with Gasteiger partial charge in [0.2, 0.25) is 0 Å². The average molecular weight is 303 g/mol. The number of Topliss-reactive ketones (excluding diaryl/α,β-unsaturated/α-hetero) is 1. The van der Waals surface area contributed by atoms with Crippen molar-refractivity contribution in [2.75, 3.05) is 6.54 Å². The normalized spacial score (nSPS) is 22.4. The van der Waals surface area contributed by atoms with E-state index in [1.807, 2.05) is 0 Å². The van der Waals surface area contributed by atoms with E-state index >= 15 is 0 Å². The van der Waals surface area contributed by atoms with Gasteiger partial charge < -0.3 is 10.6 Å². The Hall–Kier alpha value is -0.910. The van der Waals surface area contributed by atoms with Crippen molar-refractivity contribution in [3.05, 3.63) is 21.9 Å². The van der Waals surface area contributed by atoms with Crippen molar-refractivity contribution in [3.8, 4) is 0 Å². The van der Waals surface area contributed by atoms with Gasteiger partial charge in [-0.2, -0.15) is 0 Å². The standard InChI is InChI=1S/C13H18N2O2S.ClH/c1-8-11(4-3-5-14-8)15-13(17)12-6-10(7-18-12)9(2)16;/h6-8,11,14H,3-5H2,1-2H3,(H,15,17);1H. The number of rotatable bonds is 3. The summed E-state index contributed by atoms with van der Waals surface area (Å²) in [4.78, 5) is 23.9. The number of hydrogen-bond acceptors (Lipinski definition) is 4. The lowest BCUT2D eigenvalue weighted by Gasteiger charge is -2.30. The molecule has 2 atom stereocenters. The van der Waals surface area contributed by atoms with Gasteiger partial charge in [0.25, 0.3) is 5.91 Å². The van der Waals surface area contributed by atoms with E-state index in [-0.39, 0.29) is 30.1 Å². The highest BCUT2D eigenvalue weighted by atomic mass is 35.5. The third kappa shape index (κ3) is 4.03. The summed E-state index contributed by atoms with van der Waals surface area (Å²) < 4.78 is 0. The number of halogens is 1. The van der Waals surface area contributed by atoms with Gasteiger partial charge in [0, 0.05) is 23.0 Å². The number of piperidine rings is 1. The Balaban J connectivity index is 0.00000180. The van der Waals surface area contributed by atoms with Gasteiger partial charge in [-0.05, 0) is 39.3 Å². The summed E-state index contributed by atoms with van der Waals surface area (Å²) in [5.74, 6) is -0.0777. The fourth-order valence-electron chi connectivity index (χ4n) is 2.12. The Morgan fingerprint density at radius 3 is 2.79 bits per heavy atom. The molecule has 1 aliphatic heterocycles. The SMILES string of the molecule is CC(=O)c1csc(C(=O)NC2CCCNC2C)c1.Cl. The Bertz CT molecular complexity index is 461. The number of thiophene rings is 1. The molecule has 2 heterocycles. The molecule has 0 bridgehead atoms. The van der Waals surface area contributed by atoms with Crippen molar-refractivity contribution in [3.63, 3.8) is 0 Å². The monoisotopic (exact) mass is 302 g/mol. The van der Waals surface area contributed by atoms with Gasteiger partial charge in [-0.25, -0.2) is 0 Å². The van der Waals surface area contributed by atoms with Crippen LogP contribution in [0.5, 0.6) is 0 Å². The maximum Gasteiger partial charge on any atom is 0.261 e. The molecular weight excluding hydrogens is 284 g/mol. The second kappa shape index (κ2) is 7.03. The van der Waals surface area contributed by atoms with Crippen LogP contribution in [-0.4, -0.2) is 30.3 Å². The zero-order valence-electron chi connectivity index (χ0n) is 11.1. The lowest BCUT2D eigenvalue weighted by molar-refractivity contribution is 0.0924. The van der Waals surface area contributed by atoms with Crippen molar-refractivity contribution in [1.29, 1.82) is 0 Å². The Morgan fingerprint density at radius 1 is 1.47 bits per heavy atom. The molecule has 106 valence electrons. The van der Waals surface area contributed by atoms with Crippen molar-refractivity contribution in [2.45, 2.75) is 38.8 Å². The van der Waals surface area contributed by atoms with Crippen LogP contribution in [-0.2, 0) is 0 Å².